The van der Waals surface area contributed by atoms with Crippen LogP contribution in [0.1, 0.15) is 35.4 Å². The van der Waals surface area contributed by atoms with Gasteiger partial charge < -0.3 is 10.6 Å². The third-order valence-electron chi connectivity index (χ3n) is 3.15. The van der Waals surface area contributed by atoms with Crippen molar-refractivity contribution in [2.75, 3.05) is 7.05 Å². The fourth-order valence-corrected chi connectivity index (χ4v) is 3.04. The molecular weight excluding hydrogens is 357 g/mol. The van der Waals surface area contributed by atoms with Crippen LogP contribution in [0.3, 0.4) is 0 Å². The molecule has 1 heterocycles. The van der Waals surface area contributed by atoms with Crippen molar-refractivity contribution < 1.29 is 0 Å². The van der Waals surface area contributed by atoms with Gasteiger partial charge in [-0.05, 0) is 31.9 Å². The predicted molar refractivity (Wildman–Crippen MR) is 90.1 cm³/mol. The van der Waals surface area contributed by atoms with Gasteiger partial charge in [0.05, 0.1) is 6.54 Å². The number of nitrogens with zero attached hydrogens (tertiary/aromatic N) is 1. The summed E-state index contributed by atoms with van der Waals surface area (Å²) in [5.41, 5.74) is 0. The van der Waals surface area contributed by atoms with Crippen LogP contribution in [-0.2, 0) is 6.54 Å². The van der Waals surface area contributed by atoms with E-state index in [-0.39, 0.29) is 24.0 Å². The van der Waals surface area contributed by atoms with Gasteiger partial charge in [-0.15, -0.1) is 35.3 Å². The Labute approximate surface area is 130 Å². The molecule has 18 heavy (non-hydrogen) atoms. The number of hydrogen-bond donors (Lipinski definition) is 2. The van der Waals surface area contributed by atoms with E-state index in [1.165, 1.54) is 35.4 Å². The first-order valence-corrected chi connectivity index (χ1v) is 7.12. The van der Waals surface area contributed by atoms with Crippen LogP contribution in [0.4, 0.5) is 0 Å². The van der Waals surface area contributed by atoms with Crippen LogP contribution in [0.5, 0.6) is 0 Å². The van der Waals surface area contributed by atoms with Gasteiger partial charge >= 0.3 is 0 Å². The van der Waals surface area contributed by atoms with Gasteiger partial charge in [0.15, 0.2) is 5.96 Å². The molecule has 5 heteroatoms. The predicted octanol–water partition coefficient (Wildman–Crippen LogP) is 3.28. The maximum absolute atomic E-state index is 4.27. The van der Waals surface area contributed by atoms with E-state index in [1.54, 1.807) is 0 Å². The Morgan fingerprint density at radius 2 is 2.11 bits per heavy atom. The number of aryl methyl sites for hydroxylation is 1. The lowest BCUT2D eigenvalue weighted by atomic mass is 10.2. The van der Waals surface area contributed by atoms with Crippen LogP contribution in [0.25, 0.3) is 0 Å². The van der Waals surface area contributed by atoms with Crippen LogP contribution in [0.15, 0.2) is 17.1 Å². The number of thiophene rings is 1. The Morgan fingerprint density at radius 1 is 1.39 bits per heavy atom. The highest BCUT2D eigenvalue weighted by molar-refractivity contribution is 14.0. The van der Waals surface area contributed by atoms with E-state index in [4.69, 9.17) is 0 Å². The van der Waals surface area contributed by atoms with Crippen molar-refractivity contribution in [3.63, 3.8) is 0 Å². The molecule has 2 rings (SSSR count). The van der Waals surface area contributed by atoms with Gasteiger partial charge in [-0.1, -0.05) is 12.8 Å². The molecule has 0 atom stereocenters. The molecule has 2 N–H and O–H groups in total. The normalized spacial score (nSPS) is 16.4. The molecule has 3 nitrogen and oxygen atoms in total. The number of aliphatic imine (C=N–C) groups is 1. The molecule has 1 aromatic rings. The molecule has 0 unspecified atom stereocenters. The number of nitrogens with one attached hydrogen (secondary N) is 2. The summed E-state index contributed by atoms with van der Waals surface area (Å²) in [4.78, 5) is 6.99. The van der Waals surface area contributed by atoms with E-state index in [0.717, 1.165) is 12.5 Å². The van der Waals surface area contributed by atoms with Crippen molar-refractivity contribution in [3.05, 3.63) is 21.9 Å². The lowest BCUT2D eigenvalue weighted by molar-refractivity contribution is 0.614. The molecule has 0 amide bonds. The minimum absolute atomic E-state index is 0. The lowest BCUT2D eigenvalue weighted by Crippen LogP contribution is -2.41. The Balaban J connectivity index is 0.00000162. The van der Waals surface area contributed by atoms with Gasteiger partial charge in [-0.25, -0.2) is 0 Å². The second kappa shape index (κ2) is 7.99. The highest BCUT2D eigenvalue weighted by Gasteiger charge is 2.15. The molecule has 102 valence electrons. The Hall–Kier alpha value is -0.300. The molecule has 1 aromatic heterocycles. The van der Waals surface area contributed by atoms with Gasteiger partial charge in [0.25, 0.3) is 0 Å². The molecule has 1 fully saturated rings. The second-order valence-electron chi connectivity index (χ2n) is 4.56. The molecular formula is C13H22IN3S. The topological polar surface area (TPSA) is 36.4 Å². The van der Waals surface area contributed by atoms with Gasteiger partial charge in [0, 0.05) is 22.8 Å². The molecule has 0 spiro atoms. The third kappa shape index (κ3) is 4.76. The third-order valence-corrected chi connectivity index (χ3v) is 4.15. The molecule has 0 aliphatic heterocycles. The molecule has 1 saturated carbocycles. The molecule has 0 saturated heterocycles. The van der Waals surface area contributed by atoms with Crippen molar-refractivity contribution in [2.24, 2.45) is 4.99 Å². The fraction of sp³-hybridized carbons (Fsp3) is 0.615. The van der Waals surface area contributed by atoms with Crippen molar-refractivity contribution >= 4 is 41.3 Å². The van der Waals surface area contributed by atoms with E-state index < -0.39 is 0 Å². The number of hydrogen-bond acceptors (Lipinski definition) is 2. The smallest absolute Gasteiger partial charge is 0.191 e. The van der Waals surface area contributed by atoms with Crippen LogP contribution in [0.2, 0.25) is 0 Å². The van der Waals surface area contributed by atoms with E-state index >= 15 is 0 Å². The standard InChI is InChI=1S/C13H21N3S.HI/c1-10-7-8-12(17-10)9-15-13(14-2)16-11-5-3-4-6-11;/h7-8,11H,3-6,9H2,1-2H3,(H2,14,15,16);1H. The van der Waals surface area contributed by atoms with Crippen LogP contribution >= 0.6 is 35.3 Å². The highest BCUT2D eigenvalue weighted by Crippen LogP contribution is 2.17. The number of rotatable bonds is 3. The fourth-order valence-electron chi connectivity index (χ4n) is 2.21. The average Bonchev–Trinajstić information content (AvgIpc) is 2.96. The molecule has 0 bridgehead atoms. The zero-order chi connectivity index (χ0) is 12.1. The Kier molecular flexibility index (Phi) is 6.99. The first-order valence-electron chi connectivity index (χ1n) is 6.30. The van der Waals surface area contributed by atoms with Crippen LogP contribution in [-0.4, -0.2) is 19.0 Å². The summed E-state index contributed by atoms with van der Waals surface area (Å²) >= 11 is 1.84. The monoisotopic (exact) mass is 379 g/mol. The zero-order valence-electron chi connectivity index (χ0n) is 11.0. The first kappa shape index (κ1) is 15.8. The molecule has 1 aliphatic rings. The highest BCUT2D eigenvalue weighted by atomic mass is 127. The van der Waals surface area contributed by atoms with Crippen molar-refractivity contribution in [1.82, 2.24) is 10.6 Å². The molecule has 0 aromatic carbocycles. The van der Waals surface area contributed by atoms with Gasteiger partial charge in [0.2, 0.25) is 0 Å². The van der Waals surface area contributed by atoms with E-state index in [1.807, 2.05) is 18.4 Å². The molecule has 1 aliphatic carbocycles. The second-order valence-corrected chi connectivity index (χ2v) is 5.94. The average molecular weight is 379 g/mol. The van der Waals surface area contributed by atoms with Gasteiger partial charge in [-0.3, -0.25) is 4.99 Å². The van der Waals surface area contributed by atoms with E-state index in [2.05, 4.69) is 34.7 Å². The van der Waals surface area contributed by atoms with Gasteiger partial charge in [0.1, 0.15) is 0 Å². The maximum Gasteiger partial charge on any atom is 0.191 e. The summed E-state index contributed by atoms with van der Waals surface area (Å²) in [5, 5.41) is 6.86. The van der Waals surface area contributed by atoms with Crippen molar-refractivity contribution in [3.8, 4) is 0 Å². The summed E-state index contributed by atoms with van der Waals surface area (Å²) in [5.74, 6) is 0.933. The Morgan fingerprint density at radius 3 is 2.67 bits per heavy atom. The van der Waals surface area contributed by atoms with Crippen LogP contribution < -0.4 is 10.6 Å². The lowest BCUT2D eigenvalue weighted by Gasteiger charge is -2.16. The SMILES string of the molecule is CN=C(NCc1ccc(C)s1)NC1CCCC1.I. The zero-order valence-corrected chi connectivity index (χ0v) is 14.2. The summed E-state index contributed by atoms with van der Waals surface area (Å²) in [6.07, 6.45) is 5.25. The molecule has 0 radical (unpaired) electrons. The van der Waals surface area contributed by atoms with Crippen molar-refractivity contribution in [1.29, 1.82) is 0 Å². The summed E-state index contributed by atoms with van der Waals surface area (Å²) < 4.78 is 0. The van der Waals surface area contributed by atoms with E-state index in [0.29, 0.717) is 6.04 Å². The minimum Gasteiger partial charge on any atom is -0.354 e. The first-order chi connectivity index (χ1) is 8.28. The van der Waals surface area contributed by atoms with Crippen LogP contribution in [0, 0.1) is 6.92 Å². The number of guanidine groups is 1. The van der Waals surface area contributed by atoms with Crippen molar-refractivity contribution in [2.45, 2.75) is 45.2 Å². The summed E-state index contributed by atoms with van der Waals surface area (Å²) in [6.45, 7) is 3.00. The van der Waals surface area contributed by atoms with E-state index in [9.17, 15) is 0 Å². The minimum atomic E-state index is 0. The summed E-state index contributed by atoms with van der Waals surface area (Å²) in [6, 6.07) is 4.95. The quantitative estimate of drug-likeness (QED) is 0.481. The summed E-state index contributed by atoms with van der Waals surface area (Å²) in [7, 11) is 1.84. The van der Waals surface area contributed by atoms with Gasteiger partial charge in [-0.2, -0.15) is 0 Å². The Bertz CT molecular complexity index is 383. The maximum atomic E-state index is 4.27. The largest absolute Gasteiger partial charge is 0.354 e. The number of halogens is 1.